The number of likely N-dealkylation sites (tertiary alicyclic amines) is 1. The largest absolute Gasteiger partial charge is 0.370 e. The number of carbonyl (C=O) groups excluding carboxylic acids is 3. The summed E-state index contributed by atoms with van der Waals surface area (Å²) in [4.78, 5) is 48.9. The Bertz CT molecular complexity index is 1330. The fourth-order valence-electron chi connectivity index (χ4n) is 6.52. The van der Waals surface area contributed by atoms with Gasteiger partial charge in [-0.05, 0) is 24.5 Å². The van der Waals surface area contributed by atoms with Crippen molar-refractivity contribution in [3.8, 4) is 0 Å². The van der Waals surface area contributed by atoms with Gasteiger partial charge in [0.05, 0.1) is 12.6 Å². The van der Waals surface area contributed by atoms with Gasteiger partial charge in [-0.3, -0.25) is 19.3 Å². The molecule has 3 unspecified atom stereocenters. The van der Waals surface area contributed by atoms with Gasteiger partial charge in [-0.1, -0.05) is 12.1 Å². The number of nitrogens with zero attached hydrogens (tertiary/aromatic N) is 4. The van der Waals surface area contributed by atoms with Crippen LogP contribution in [0.15, 0.2) is 28.2 Å². The van der Waals surface area contributed by atoms with Crippen molar-refractivity contribution in [2.75, 3.05) is 13.1 Å². The molecular formula is C24H28F2N8O5. The Morgan fingerprint density at radius 1 is 1.15 bits per heavy atom. The molecule has 1 aliphatic carbocycles. The Hall–Kier alpha value is -3.85. The average Bonchev–Trinajstić information content (AvgIpc) is 3.46. The van der Waals surface area contributed by atoms with Gasteiger partial charge in [0.2, 0.25) is 17.6 Å². The van der Waals surface area contributed by atoms with Crippen LogP contribution in [0.5, 0.6) is 0 Å². The van der Waals surface area contributed by atoms with Crippen LogP contribution in [0.1, 0.15) is 47.2 Å². The number of imide groups is 1. The summed E-state index contributed by atoms with van der Waals surface area (Å²) >= 11 is 0. The fraction of sp³-hybridized carbons (Fsp3) is 0.542. The molecule has 2 fully saturated rings. The van der Waals surface area contributed by atoms with E-state index in [1.165, 1.54) is 23.1 Å². The molecule has 1 aromatic carbocycles. The molecule has 2 saturated heterocycles. The zero-order valence-electron chi connectivity index (χ0n) is 20.7. The minimum Gasteiger partial charge on any atom is -0.370 e. The molecule has 0 radical (unpaired) electrons. The number of guanidine groups is 2. The molecule has 1 aromatic rings. The molecule has 0 saturated carbocycles. The zero-order chi connectivity index (χ0) is 27.9. The van der Waals surface area contributed by atoms with Crippen molar-refractivity contribution in [2.24, 2.45) is 21.5 Å². The van der Waals surface area contributed by atoms with Crippen LogP contribution in [0.25, 0.3) is 0 Å². The first kappa shape index (κ1) is 25.4. The van der Waals surface area contributed by atoms with E-state index in [9.17, 15) is 33.4 Å². The van der Waals surface area contributed by atoms with E-state index in [4.69, 9.17) is 11.5 Å². The van der Waals surface area contributed by atoms with Crippen molar-refractivity contribution in [3.63, 3.8) is 0 Å². The van der Waals surface area contributed by atoms with Crippen molar-refractivity contribution in [1.82, 2.24) is 20.4 Å². The lowest BCUT2D eigenvalue weighted by Crippen LogP contribution is -2.78. The number of alkyl halides is 2. The highest BCUT2D eigenvalue weighted by Crippen LogP contribution is 2.45. The number of carbonyl (C=O) groups is 3. The predicted molar refractivity (Wildman–Crippen MR) is 131 cm³/mol. The lowest BCUT2D eigenvalue weighted by Gasteiger charge is -2.49. The van der Waals surface area contributed by atoms with E-state index in [2.05, 4.69) is 20.6 Å². The maximum absolute atomic E-state index is 14.5. The van der Waals surface area contributed by atoms with Gasteiger partial charge in [0, 0.05) is 36.9 Å². The summed E-state index contributed by atoms with van der Waals surface area (Å²) in [5, 5.41) is 28.5. The molecule has 4 aliphatic heterocycles. The van der Waals surface area contributed by atoms with E-state index < -0.39 is 41.4 Å². The van der Waals surface area contributed by atoms with E-state index in [0.29, 0.717) is 0 Å². The van der Waals surface area contributed by atoms with Gasteiger partial charge >= 0.3 is 0 Å². The Balaban J connectivity index is 1.32. The van der Waals surface area contributed by atoms with Crippen molar-refractivity contribution in [1.29, 1.82) is 0 Å². The number of aliphatic imine (C=N–C) groups is 2. The third kappa shape index (κ3) is 3.52. The standard InChI is InChI=1S/C24H28F2N8O5/c25-22(26)8-2-4-11-12(3-1-5-13(11)22)19(37)30-15-10-34-21(28)29-14(9-33-16(35)6-7-17(33)36)18-23(34,24(15,38)39)32-20(27)31-18/h1,3,5,14-15,18,38-39H,2,4,6-10H2,(H2,28,29)(H,30,37)(H3,27,31,32)/t14-,15?,18?,23?/m0/s1. The highest BCUT2D eigenvalue weighted by Gasteiger charge is 2.73. The number of hydrogen-bond donors (Lipinski definition) is 6. The molecule has 0 bridgehead atoms. The first-order valence-electron chi connectivity index (χ1n) is 12.7. The smallest absolute Gasteiger partial charge is 0.273 e. The number of fused-ring (bicyclic) bond motifs is 1. The lowest BCUT2D eigenvalue weighted by atomic mass is 9.84. The second-order valence-electron chi connectivity index (χ2n) is 10.6. The lowest BCUT2D eigenvalue weighted by molar-refractivity contribution is -0.230. The number of amides is 3. The Labute approximate surface area is 220 Å². The van der Waals surface area contributed by atoms with E-state index in [1.54, 1.807) is 0 Å². The second kappa shape index (κ2) is 8.32. The summed E-state index contributed by atoms with van der Waals surface area (Å²) in [6.07, 6.45) is 0.284. The molecule has 208 valence electrons. The van der Waals surface area contributed by atoms with Gasteiger partial charge in [0.15, 0.2) is 17.6 Å². The zero-order valence-corrected chi connectivity index (χ0v) is 20.7. The van der Waals surface area contributed by atoms with Crippen LogP contribution in [-0.2, 0) is 21.9 Å². The normalized spacial score (nSPS) is 32.2. The van der Waals surface area contributed by atoms with Crippen LogP contribution in [-0.4, -0.2) is 92.3 Å². The van der Waals surface area contributed by atoms with E-state index in [1.807, 2.05) is 0 Å². The summed E-state index contributed by atoms with van der Waals surface area (Å²) < 4.78 is 29.0. The Kier molecular flexibility index (Phi) is 5.43. The van der Waals surface area contributed by atoms with Gasteiger partial charge < -0.3 is 37.2 Å². The van der Waals surface area contributed by atoms with Crippen LogP contribution in [0.3, 0.4) is 0 Å². The average molecular weight is 547 g/mol. The van der Waals surface area contributed by atoms with Crippen LogP contribution in [0.2, 0.25) is 0 Å². The molecule has 8 N–H and O–H groups in total. The molecule has 1 spiro atoms. The molecule has 4 heterocycles. The third-order valence-electron chi connectivity index (χ3n) is 8.36. The van der Waals surface area contributed by atoms with Gasteiger partial charge in [0.25, 0.3) is 11.8 Å². The first-order valence-corrected chi connectivity index (χ1v) is 12.7. The number of aliphatic hydroxyl groups is 2. The Morgan fingerprint density at radius 2 is 1.87 bits per heavy atom. The fourth-order valence-corrected chi connectivity index (χ4v) is 6.52. The highest BCUT2D eigenvalue weighted by atomic mass is 19.3. The molecule has 5 aliphatic rings. The summed E-state index contributed by atoms with van der Waals surface area (Å²) in [6.45, 7) is -0.436. The minimum atomic E-state index is -3.07. The number of nitrogens with one attached hydrogen (secondary N) is 2. The summed E-state index contributed by atoms with van der Waals surface area (Å²) in [5.74, 6) is -7.66. The monoisotopic (exact) mass is 546 g/mol. The summed E-state index contributed by atoms with van der Waals surface area (Å²) in [5.41, 5.74) is 10.3. The van der Waals surface area contributed by atoms with Crippen molar-refractivity contribution in [2.45, 2.75) is 67.6 Å². The van der Waals surface area contributed by atoms with Crippen molar-refractivity contribution < 1.29 is 33.4 Å². The number of halogens is 2. The van der Waals surface area contributed by atoms with Gasteiger partial charge in [-0.25, -0.2) is 18.8 Å². The Morgan fingerprint density at radius 3 is 2.59 bits per heavy atom. The first-order chi connectivity index (χ1) is 18.4. The van der Waals surface area contributed by atoms with Gasteiger partial charge in [0.1, 0.15) is 12.1 Å². The van der Waals surface area contributed by atoms with Crippen LogP contribution < -0.4 is 22.1 Å². The van der Waals surface area contributed by atoms with Gasteiger partial charge in [-0.15, -0.1) is 0 Å². The molecule has 39 heavy (non-hydrogen) atoms. The molecule has 15 heteroatoms. The highest BCUT2D eigenvalue weighted by molar-refractivity contribution is 6.02. The van der Waals surface area contributed by atoms with Crippen LogP contribution in [0.4, 0.5) is 8.78 Å². The van der Waals surface area contributed by atoms with E-state index in [-0.39, 0.29) is 85.6 Å². The second-order valence-corrected chi connectivity index (χ2v) is 10.6. The number of nitrogens with two attached hydrogens (primary N) is 2. The molecule has 3 amide bonds. The minimum absolute atomic E-state index is 0.0160. The van der Waals surface area contributed by atoms with Crippen molar-refractivity contribution >= 4 is 29.6 Å². The van der Waals surface area contributed by atoms with Gasteiger partial charge in [-0.2, -0.15) is 0 Å². The summed E-state index contributed by atoms with van der Waals surface area (Å²) in [7, 11) is 0. The van der Waals surface area contributed by atoms with E-state index in [0.717, 1.165) is 4.90 Å². The molecule has 0 aromatic heterocycles. The number of hydrogen-bond acceptors (Lipinski definition) is 11. The topological polar surface area (TPSA) is 199 Å². The van der Waals surface area contributed by atoms with Crippen LogP contribution >= 0.6 is 0 Å². The quantitative estimate of drug-likeness (QED) is 0.183. The SMILES string of the molecule is NC1=NC2[C@H](CN3C(=O)CCC3=O)N=C(N)N3CC(NC(=O)c4cccc5c4CCCC5(F)F)C(O)(O)C23N1. The molecule has 13 nitrogen and oxygen atoms in total. The number of benzene rings is 1. The maximum Gasteiger partial charge on any atom is 0.273 e. The molecular weight excluding hydrogens is 518 g/mol. The number of rotatable bonds is 4. The third-order valence-corrected chi connectivity index (χ3v) is 8.36. The van der Waals surface area contributed by atoms with Crippen molar-refractivity contribution in [3.05, 3.63) is 34.9 Å². The predicted octanol–water partition coefficient (Wildman–Crippen LogP) is -1.96. The van der Waals surface area contributed by atoms with Crippen LogP contribution in [0, 0.1) is 0 Å². The van der Waals surface area contributed by atoms with E-state index >= 15 is 0 Å². The maximum atomic E-state index is 14.5. The summed E-state index contributed by atoms with van der Waals surface area (Å²) in [6, 6.07) is 0.628. The molecule has 6 rings (SSSR count). The molecule has 4 atom stereocenters.